The third-order valence-electron chi connectivity index (χ3n) is 5.32. The highest BCUT2D eigenvalue weighted by Crippen LogP contribution is 2.22. The summed E-state index contributed by atoms with van der Waals surface area (Å²) in [4.78, 5) is 30.7. The van der Waals surface area contributed by atoms with Gasteiger partial charge in [0.2, 0.25) is 5.78 Å². The first-order chi connectivity index (χ1) is 13.3. The molecule has 0 radical (unpaired) electrons. The van der Waals surface area contributed by atoms with Crippen molar-refractivity contribution in [1.82, 2.24) is 23.1 Å². The lowest BCUT2D eigenvalue weighted by atomic mass is 10.2. The van der Waals surface area contributed by atoms with Crippen LogP contribution >= 0.6 is 11.6 Å². The number of imidazole rings is 2. The van der Waals surface area contributed by atoms with Gasteiger partial charge in [0.05, 0.1) is 6.54 Å². The Morgan fingerprint density at radius 1 is 1.14 bits per heavy atom. The minimum atomic E-state index is -0.574. The molecule has 4 aromatic rings. The zero-order valence-corrected chi connectivity index (χ0v) is 16.7. The average Bonchev–Trinajstić information content (AvgIpc) is 3.15. The lowest BCUT2D eigenvalue weighted by molar-refractivity contribution is 0.582. The number of hydrogen-bond donors (Lipinski definition) is 0. The van der Waals surface area contributed by atoms with Crippen LogP contribution in [0, 0.1) is 19.7 Å². The summed E-state index contributed by atoms with van der Waals surface area (Å²) in [5, 5.41) is 0.164. The summed E-state index contributed by atoms with van der Waals surface area (Å²) < 4.78 is 20.3. The van der Waals surface area contributed by atoms with Crippen LogP contribution < -0.4 is 11.2 Å². The Hall–Kier alpha value is -2.87. The molecule has 0 aliphatic carbocycles. The van der Waals surface area contributed by atoms with Crippen molar-refractivity contribution >= 4 is 28.5 Å². The van der Waals surface area contributed by atoms with E-state index in [9.17, 15) is 14.0 Å². The van der Waals surface area contributed by atoms with Gasteiger partial charge in [-0.2, -0.15) is 4.98 Å². The predicted octanol–water partition coefficient (Wildman–Crippen LogP) is 2.63. The average molecular weight is 404 g/mol. The summed E-state index contributed by atoms with van der Waals surface area (Å²) >= 11 is 6.10. The SMILES string of the molecule is CCn1c(C)c(C)n2c3c(=O)n(Cc4c(F)cccc4Cl)c(=O)n(C)c3nc12. The number of nitrogens with zero attached hydrogens (tertiary/aromatic N) is 5. The number of benzene rings is 1. The van der Waals surface area contributed by atoms with Gasteiger partial charge in [0, 0.05) is 35.6 Å². The van der Waals surface area contributed by atoms with Gasteiger partial charge in [-0.1, -0.05) is 17.7 Å². The molecule has 0 aliphatic rings. The van der Waals surface area contributed by atoms with Gasteiger partial charge < -0.3 is 4.57 Å². The molecule has 7 nitrogen and oxygen atoms in total. The fourth-order valence-corrected chi connectivity index (χ4v) is 3.90. The second kappa shape index (κ2) is 6.34. The Bertz CT molecular complexity index is 1360. The first kappa shape index (κ1) is 18.5. The zero-order chi connectivity index (χ0) is 20.3. The van der Waals surface area contributed by atoms with E-state index in [0.717, 1.165) is 16.0 Å². The molecule has 0 N–H and O–H groups in total. The van der Waals surface area contributed by atoms with Crippen LogP contribution in [0.15, 0.2) is 27.8 Å². The zero-order valence-electron chi connectivity index (χ0n) is 16.0. The normalized spacial score (nSPS) is 11.8. The van der Waals surface area contributed by atoms with Crippen molar-refractivity contribution in [2.24, 2.45) is 7.05 Å². The minimum absolute atomic E-state index is 0.0995. The fraction of sp³-hybridized carbons (Fsp3) is 0.316. The molecule has 0 atom stereocenters. The predicted molar refractivity (Wildman–Crippen MR) is 106 cm³/mol. The molecule has 3 heterocycles. The number of rotatable bonds is 3. The van der Waals surface area contributed by atoms with Gasteiger partial charge in [0.15, 0.2) is 11.2 Å². The molecule has 0 unspecified atom stereocenters. The van der Waals surface area contributed by atoms with Crippen molar-refractivity contribution in [2.75, 3.05) is 0 Å². The maximum atomic E-state index is 14.2. The van der Waals surface area contributed by atoms with E-state index in [2.05, 4.69) is 4.98 Å². The third kappa shape index (κ3) is 2.37. The maximum Gasteiger partial charge on any atom is 0.332 e. The first-order valence-corrected chi connectivity index (χ1v) is 9.26. The highest BCUT2D eigenvalue weighted by molar-refractivity contribution is 6.31. The number of hydrogen-bond acceptors (Lipinski definition) is 3. The molecule has 3 aromatic heterocycles. The highest BCUT2D eigenvalue weighted by atomic mass is 35.5. The lowest BCUT2D eigenvalue weighted by Crippen LogP contribution is -2.40. The van der Waals surface area contributed by atoms with Crippen molar-refractivity contribution in [3.05, 3.63) is 66.8 Å². The van der Waals surface area contributed by atoms with Crippen molar-refractivity contribution < 1.29 is 4.39 Å². The molecule has 28 heavy (non-hydrogen) atoms. The van der Waals surface area contributed by atoms with Crippen molar-refractivity contribution in [1.29, 1.82) is 0 Å². The molecular formula is C19H19ClFN5O2. The number of aryl methyl sites for hydroxylation is 3. The van der Waals surface area contributed by atoms with Crippen LogP contribution in [0.2, 0.25) is 5.02 Å². The maximum absolute atomic E-state index is 14.2. The summed E-state index contributed by atoms with van der Waals surface area (Å²) in [5.41, 5.74) is 1.44. The summed E-state index contributed by atoms with van der Waals surface area (Å²) in [6.07, 6.45) is 0. The molecule has 4 rings (SSSR count). The Kier molecular flexibility index (Phi) is 4.19. The van der Waals surface area contributed by atoms with Crippen LogP contribution in [-0.4, -0.2) is 23.1 Å². The van der Waals surface area contributed by atoms with E-state index in [1.165, 1.54) is 22.8 Å². The van der Waals surface area contributed by atoms with E-state index in [4.69, 9.17) is 11.6 Å². The molecule has 0 amide bonds. The number of aromatic nitrogens is 5. The van der Waals surface area contributed by atoms with Crippen LogP contribution in [0.3, 0.4) is 0 Å². The van der Waals surface area contributed by atoms with Crippen molar-refractivity contribution in [2.45, 2.75) is 33.9 Å². The van der Waals surface area contributed by atoms with Gasteiger partial charge >= 0.3 is 5.69 Å². The van der Waals surface area contributed by atoms with Crippen LogP contribution in [0.4, 0.5) is 4.39 Å². The Morgan fingerprint density at radius 2 is 1.86 bits per heavy atom. The van der Waals surface area contributed by atoms with Gasteiger partial charge in [-0.3, -0.25) is 18.3 Å². The fourth-order valence-electron chi connectivity index (χ4n) is 3.67. The number of halogens is 2. The lowest BCUT2D eigenvalue weighted by Gasteiger charge is -2.10. The molecule has 0 spiro atoms. The Balaban J connectivity index is 2.11. The molecule has 0 aliphatic heterocycles. The monoisotopic (exact) mass is 403 g/mol. The van der Waals surface area contributed by atoms with Crippen molar-refractivity contribution in [3.8, 4) is 0 Å². The molecule has 0 bridgehead atoms. The van der Waals surface area contributed by atoms with Crippen LogP contribution in [0.1, 0.15) is 23.9 Å². The number of fused-ring (bicyclic) bond motifs is 3. The Labute approximate surface area is 164 Å². The third-order valence-corrected chi connectivity index (χ3v) is 5.68. The first-order valence-electron chi connectivity index (χ1n) is 8.88. The van der Waals surface area contributed by atoms with Crippen LogP contribution in [-0.2, 0) is 20.1 Å². The summed E-state index contributed by atoms with van der Waals surface area (Å²) in [5.74, 6) is 0.0328. The van der Waals surface area contributed by atoms with Crippen LogP contribution in [0.5, 0.6) is 0 Å². The molecule has 9 heteroatoms. The van der Waals surface area contributed by atoms with Crippen LogP contribution in [0.25, 0.3) is 16.9 Å². The van der Waals surface area contributed by atoms with Gasteiger partial charge in [0.1, 0.15) is 5.82 Å². The van der Waals surface area contributed by atoms with E-state index in [0.29, 0.717) is 18.0 Å². The topological polar surface area (TPSA) is 66.2 Å². The smallest absolute Gasteiger partial charge is 0.314 e. The van der Waals surface area contributed by atoms with Gasteiger partial charge in [0.25, 0.3) is 5.56 Å². The summed E-state index contributed by atoms with van der Waals surface area (Å²) in [7, 11) is 1.55. The molecule has 146 valence electrons. The quantitative estimate of drug-likeness (QED) is 0.528. The largest absolute Gasteiger partial charge is 0.332 e. The molecular weight excluding hydrogens is 385 g/mol. The van der Waals surface area contributed by atoms with Gasteiger partial charge in [-0.05, 0) is 32.9 Å². The second-order valence-electron chi connectivity index (χ2n) is 6.77. The molecule has 0 fully saturated rings. The van der Waals surface area contributed by atoms with Crippen molar-refractivity contribution in [3.63, 3.8) is 0 Å². The molecule has 0 saturated heterocycles. The van der Waals surface area contributed by atoms with E-state index in [1.54, 1.807) is 11.4 Å². The van der Waals surface area contributed by atoms with Gasteiger partial charge in [-0.15, -0.1) is 0 Å². The van der Waals surface area contributed by atoms with E-state index in [1.807, 2.05) is 25.3 Å². The Morgan fingerprint density at radius 3 is 2.50 bits per heavy atom. The van der Waals surface area contributed by atoms with E-state index in [-0.39, 0.29) is 22.6 Å². The van der Waals surface area contributed by atoms with E-state index < -0.39 is 17.1 Å². The molecule has 0 saturated carbocycles. The summed E-state index contributed by atoms with van der Waals surface area (Å²) in [6.45, 7) is 6.27. The summed E-state index contributed by atoms with van der Waals surface area (Å²) in [6, 6.07) is 4.26. The minimum Gasteiger partial charge on any atom is -0.314 e. The van der Waals surface area contributed by atoms with E-state index >= 15 is 0 Å². The molecule has 1 aromatic carbocycles. The second-order valence-corrected chi connectivity index (χ2v) is 7.17. The highest BCUT2D eigenvalue weighted by Gasteiger charge is 2.22. The van der Waals surface area contributed by atoms with Gasteiger partial charge in [-0.25, -0.2) is 9.18 Å². The standard InChI is InChI=1S/C19H19ClFN5O2/c1-5-24-10(2)11(3)26-15-16(22-18(24)26)23(4)19(28)25(17(15)27)9-12-13(20)7-6-8-14(12)21/h6-8H,5,9H2,1-4H3.